The molecule has 6 heavy (non-hydrogen) atoms. The molecule has 0 unspecified atom stereocenters. The molecule has 0 aliphatic carbocycles. The molecule has 0 aromatic rings. The van der Waals surface area contributed by atoms with E-state index in [2.05, 4.69) is 0 Å². The van der Waals surface area contributed by atoms with Crippen LogP contribution in [0.3, 0.4) is 0 Å². The van der Waals surface area contributed by atoms with Crippen LogP contribution < -0.4 is 0 Å². The minimum Gasteiger partial charge on any atom is -1.00 e. The third-order valence-electron chi connectivity index (χ3n) is 0. The van der Waals surface area contributed by atoms with Crippen molar-refractivity contribution < 1.29 is 13.4 Å². The van der Waals surface area contributed by atoms with Crippen molar-refractivity contribution in [1.82, 2.24) is 0 Å². The Kier molecular flexibility index (Phi) is 26.6. The summed E-state index contributed by atoms with van der Waals surface area (Å²) in [5.41, 5.74) is 0. The Balaban J connectivity index is -0.00000000750. The number of hydrogen-bond acceptors (Lipinski definition) is 0. The van der Waals surface area contributed by atoms with Crippen LogP contribution >= 0.6 is 0 Å². The first kappa shape index (κ1) is 15.7. The van der Waals surface area contributed by atoms with Crippen LogP contribution in [0.4, 0.5) is 10.6 Å². The maximum absolute atomic E-state index is 9.81. The molecule has 0 amide bonds. The predicted molar refractivity (Wildman–Crippen MR) is 27.0 cm³/mol. The monoisotopic (exact) mass is 156 g/mol. The Hall–Kier alpha value is 2.11. The molecule has 0 spiro atoms. The summed E-state index contributed by atoms with van der Waals surface area (Å²) in [7, 11) is 0. The zero-order valence-corrected chi connectivity index (χ0v) is 5.78. The minimum atomic E-state index is -4.64. The van der Waals surface area contributed by atoms with Crippen molar-refractivity contribution in [3.05, 3.63) is 0 Å². The second-order valence-corrected chi connectivity index (χ2v) is 0.742. The molecule has 34 valence electrons. The number of hydrogen-bond donors (Lipinski definition) is 0. The van der Waals surface area contributed by atoms with Crippen LogP contribution in [-0.4, -0.2) is 70.6 Å². The fourth-order valence-corrected chi connectivity index (χ4v) is 0. The molecule has 0 aromatic heterocycles. The van der Waals surface area contributed by atoms with Crippen molar-refractivity contribution in [3.8, 4) is 0 Å². The number of halogens is 3. The molecule has 0 fully saturated rings. The molecule has 0 saturated heterocycles. The van der Waals surface area contributed by atoms with E-state index in [0.717, 1.165) is 0 Å². The molecular formula is H5Al2CaF3. The van der Waals surface area contributed by atoms with Gasteiger partial charge in [0.15, 0.2) is 17.4 Å². The summed E-state index contributed by atoms with van der Waals surface area (Å²) >= 11 is -4.64. The minimum absolute atomic E-state index is 0. The van der Waals surface area contributed by atoms with Gasteiger partial charge < -0.3 is 13.4 Å². The Morgan fingerprint density at radius 2 is 1.17 bits per heavy atom. The van der Waals surface area contributed by atoms with E-state index in [-0.39, 0.29) is 58.0 Å². The van der Waals surface area contributed by atoms with Gasteiger partial charge in [0.1, 0.15) is 0 Å². The van der Waals surface area contributed by atoms with Crippen LogP contribution in [-0.2, 0) is 0 Å². The molecule has 0 bridgehead atoms. The van der Waals surface area contributed by atoms with Crippen molar-refractivity contribution in [2.75, 3.05) is 0 Å². The van der Waals surface area contributed by atoms with Gasteiger partial charge >= 0.3 is 53.3 Å². The smallest absolute Gasteiger partial charge is 1.00 e. The third-order valence-corrected chi connectivity index (χ3v) is 0. The summed E-state index contributed by atoms with van der Waals surface area (Å²) in [4.78, 5) is 0. The summed E-state index contributed by atoms with van der Waals surface area (Å²) in [6.07, 6.45) is 0. The maximum Gasteiger partial charge on any atom is 2.00 e. The Morgan fingerprint density at radius 1 is 1.17 bits per heavy atom. The van der Waals surface area contributed by atoms with Gasteiger partial charge in [-0.15, -0.1) is 0 Å². The van der Waals surface area contributed by atoms with Crippen LogP contribution in [0.1, 0.15) is 2.85 Å². The molecule has 0 aliphatic rings. The van der Waals surface area contributed by atoms with E-state index in [4.69, 9.17) is 0 Å². The molecule has 0 saturated carbocycles. The summed E-state index contributed by atoms with van der Waals surface area (Å²) in [6, 6.07) is 0. The van der Waals surface area contributed by atoms with E-state index in [1.165, 1.54) is 0 Å². The number of rotatable bonds is 0. The van der Waals surface area contributed by atoms with E-state index in [1.54, 1.807) is 0 Å². The van der Waals surface area contributed by atoms with E-state index < -0.39 is 15.5 Å². The molecule has 0 radical (unpaired) electrons. The largest absolute Gasteiger partial charge is 2.00 e. The van der Waals surface area contributed by atoms with Crippen LogP contribution in [0.25, 0.3) is 0 Å². The van der Waals surface area contributed by atoms with Crippen molar-refractivity contribution >= 4 is 70.6 Å². The van der Waals surface area contributed by atoms with Gasteiger partial charge in [0, 0.05) is 0 Å². The second-order valence-electron chi connectivity index (χ2n) is 0.247. The second kappa shape index (κ2) is 10.2. The summed E-state index contributed by atoms with van der Waals surface area (Å²) in [6.45, 7) is 0. The van der Waals surface area contributed by atoms with Crippen molar-refractivity contribution in [3.63, 3.8) is 0 Å². The third kappa shape index (κ3) is 35.8. The van der Waals surface area contributed by atoms with Crippen LogP contribution in [0, 0.1) is 0 Å². The molecule has 0 atom stereocenters. The first-order chi connectivity index (χ1) is 1.73. The fourth-order valence-electron chi connectivity index (χ4n) is 0. The molecule has 0 heterocycles. The molecule has 0 N–H and O–H groups in total. The van der Waals surface area contributed by atoms with Crippen molar-refractivity contribution in [2.45, 2.75) is 0 Å². The Labute approximate surface area is 83.0 Å². The topological polar surface area (TPSA) is 0 Å². The summed E-state index contributed by atoms with van der Waals surface area (Å²) in [5.74, 6) is 0. The Bertz CT molecular complexity index is 20.0. The SMILES string of the molecule is [AlH3].[Ca+2].[F][Al]([F])[F].[H-].[H-]. The Morgan fingerprint density at radius 3 is 1.17 bits per heavy atom. The quantitative estimate of drug-likeness (QED) is 0.416. The van der Waals surface area contributed by atoms with Gasteiger partial charge in [0.05, 0.1) is 0 Å². The van der Waals surface area contributed by atoms with Gasteiger partial charge in [-0.3, -0.25) is 0 Å². The zero-order valence-electron chi connectivity index (χ0n) is 4.42. The molecule has 6 heteroatoms. The standard InChI is InChI=1S/2Al.Ca.3FH.5H/h;;;3*1H;;;;;/q;+3;+2;;;;;;;2*-1/p-3. The van der Waals surface area contributed by atoms with E-state index in [0.29, 0.717) is 0 Å². The zero-order chi connectivity index (χ0) is 3.58. The van der Waals surface area contributed by atoms with Crippen molar-refractivity contribution in [2.24, 2.45) is 0 Å². The maximum atomic E-state index is 9.81. The summed E-state index contributed by atoms with van der Waals surface area (Å²) < 4.78 is 29.4. The molecule has 0 rings (SSSR count). The molecular weight excluding hydrogens is 151 g/mol. The van der Waals surface area contributed by atoms with Gasteiger partial charge in [-0.05, 0) is 0 Å². The summed E-state index contributed by atoms with van der Waals surface area (Å²) in [5, 5.41) is 0. The normalized spacial score (nSPS) is 4.50. The van der Waals surface area contributed by atoms with E-state index in [9.17, 15) is 10.6 Å². The fraction of sp³-hybridized carbons (Fsp3) is 0. The van der Waals surface area contributed by atoms with Gasteiger partial charge in [-0.25, -0.2) is 0 Å². The first-order valence-corrected chi connectivity index (χ1v) is 1.96. The van der Waals surface area contributed by atoms with E-state index >= 15 is 0 Å². The van der Waals surface area contributed by atoms with Crippen LogP contribution in [0.2, 0.25) is 0 Å². The van der Waals surface area contributed by atoms with Crippen LogP contribution in [0.15, 0.2) is 0 Å². The molecule has 0 aliphatic heterocycles. The average Bonchev–Trinajstić information content (AvgIpc) is 0.811. The van der Waals surface area contributed by atoms with Crippen LogP contribution in [0.5, 0.6) is 0 Å². The average molecular weight is 156 g/mol. The van der Waals surface area contributed by atoms with E-state index in [1.807, 2.05) is 0 Å². The first-order valence-electron chi connectivity index (χ1n) is 0.655. The van der Waals surface area contributed by atoms with Gasteiger partial charge in [0.2, 0.25) is 0 Å². The van der Waals surface area contributed by atoms with Gasteiger partial charge in [0.25, 0.3) is 0 Å². The molecule has 0 nitrogen and oxygen atoms in total. The predicted octanol–water partition coefficient (Wildman–Crippen LogP) is -0.460. The van der Waals surface area contributed by atoms with Gasteiger partial charge in [-0.1, -0.05) is 0 Å². The van der Waals surface area contributed by atoms with Gasteiger partial charge in [-0.2, -0.15) is 0 Å². The molecule has 0 aromatic carbocycles. The van der Waals surface area contributed by atoms with Crippen molar-refractivity contribution in [1.29, 1.82) is 0 Å².